The van der Waals surface area contributed by atoms with Crippen LogP contribution in [0.25, 0.3) is 6.08 Å². The second-order valence-electron chi connectivity index (χ2n) is 5.02. The van der Waals surface area contributed by atoms with E-state index < -0.39 is 11.8 Å². The van der Waals surface area contributed by atoms with Gasteiger partial charge in [0.15, 0.2) is 11.5 Å². The number of methoxy groups -OCH3 is 2. The number of rotatable bonds is 5. The maximum atomic E-state index is 12.1. The molecule has 136 valence electrons. The molecule has 0 aliphatic rings. The van der Waals surface area contributed by atoms with Crippen LogP contribution < -0.4 is 20.3 Å². The molecule has 0 aromatic heterocycles. The first-order valence-electron chi connectivity index (χ1n) is 7.40. The van der Waals surface area contributed by atoms with Gasteiger partial charge in [-0.1, -0.05) is 29.3 Å². The molecule has 0 fully saturated rings. The van der Waals surface area contributed by atoms with Crippen LogP contribution in [-0.2, 0) is 4.79 Å². The van der Waals surface area contributed by atoms with Gasteiger partial charge in [-0.15, -0.1) is 0 Å². The van der Waals surface area contributed by atoms with Crippen molar-refractivity contribution in [3.63, 3.8) is 0 Å². The van der Waals surface area contributed by atoms with Crippen LogP contribution in [0.4, 0.5) is 0 Å². The molecule has 0 aliphatic carbocycles. The third-order valence-corrected chi connectivity index (χ3v) is 4.05. The Kier molecular flexibility index (Phi) is 6.89. The highest BCUT2D eigenvalue weighted by Gasteiger charge is 2.11. The molecule has 0 aliphatic heterocycles. The van der Waals surface area contributed by atoms with Crippen molar-refractivity contribution in [3.05, 3.63) is 63.6 Å². The highest BCUT2D eigenvalue weighted by Crippen LogP contribution is 2.27. The van der Waals surface area contributed by atoms with E-state index in [9.17, 15) is 9.59 Å². The molecule has 0 atom stereocenters. The first-order chi connectivity index (χ1) is 12.4. The van der Waals surface area contributed by atoms with E-state index in [1.807, 2.05) is 0 Å². The van der Waals surface area contributed by atoms with Gasteiger partial charge in [-0.05, 0) is 42.0 Å². The lowest BCUT2D eigenvalue weighted by Gasteiger charge is -2.10. The molecule has 2 aromatic rings. The lowest BCUT2D eigenvalue weighted by Crippen LogP contribution is -2.40. The zero-order valence-electron chi connectivity index (χ0n) is 14.0. The predicted octanol–water partition coefficient (Wildman–Crippen LogP) is 3.49. The SMILES string of the molecule is COc1ccc(C(=O)NNC(=O)/C=C/c2ccc(Cl)c(Cl)c2)cc1OC. The van der Waals surface area contributed by atoms with Gasteiger partial charge < -0.3 is 9.47 Å². The minimum atomic E-state index is -0.509. The molecule has 0 saturated heterocycles. The summed E-state index contributed by atoms with van der Waals surface area (Å²) in [6.45, 7) is 0. The van der Waals surface area contributed by atoms with Crippen molar-refractivity contribution in [3.8, 4) is 11.5 Å². The minimum Gasteiger partial charge on any atom is -0.493 e. The van der Waals surface area contributed by atoms with Crippen LogP contribution in [0, 0.1) is 0 Å². The lowest BCUT2D eigenvalue weighted by molar-refractivity contribution is -0.117. The number of carbonyl (C=O) groups is 2. The molecule has 0 bridgehead atoms. The summed E-state index contributed by atoms with van der Waals surface area (Å²) in [6, 6.07) is 9.61. The molecule has 6 nitrogen and oxygen atoms in total. The lowest BCUT2D eigenvalue weighted by atomic mass is 10.2. The van der Waals surface area contributed by atoms with Gasteiger partial charge in [-0.3, -0.25) is 20.4 Å². The van der Waals surface area contributed by atoms with E-state index in [4.69, 9.17) is 32.7 Å². The maximum Gasteiger partial charge on any atom is 0.269 e. The van der Waals surface area contributed by atoms with Gasteiger partial charge in [0, 0.05) is 11.6 Å². The van der Waals surface area contributed by atoms with Gasteiger partial charge in [-0.25, -0.2) is 0 Å². The number of hydrogen-bond acceptors (Lipinski definition) is 4. The van der Waals surface area contributed by atoms with Crippen LogP contribution in [0.15, 0.2) is 42.5 Å². The molecular weight excluding hydrogens is 379 g/mol. The van der Waals surface area contributed by atoms with Crippen LogP contribution in [-0.4, -0.2) is 26.0 Å². The van der Waals surface area contributed by atoms with Crippen molar-refractivity contribution in [1.82, 2.24) is 10.9 Å². The highest BCUT2D eigenvalue weighted by atomic mass is 35.5. The Labute approximate surface area is 160 Å². The summed E-state index contributed by atoms with van der Waals surface area (Å²) in [4.78, 5) is 23.9. The van der Waals surface area contributed by atoms with E-state index in [2.05, 4.69) is 10.9 Å². The monoisotopic (exact) mass is 394 g/mol. The molecule has 8 heteroatoms. The average Bonchev–Trinajstić information content (AvgIpc) is 2.66. The topological polar surface area (TPSA) is 76.7 Å². The van der Waals surface area contributed by atoms with Gasteiger partial charge in [0.2, 0.25) is 0 Å². The van der Waals surface area contributed by atoms with E-state index in [-0.39, 0.29) is 0 Å². The smallest absolute Gasteiger partial charge is 0.269 e. The van der Waals surface area contributed by atoms with Crippen molar-refractivity contribution in [2.24, 2.45) is 0 Å². The van der Waals surface area contributed by atoms with E-state index in [1.54, 1.807) is 36.4 Å². The van der Waals surface area contributed by atoms with E-state index >= 15 is 0 Å². The van der Waals surface area contributed by atoms with Crippen LogP contribution >= 0.6 is 23.2 Å². The summed E-state index contributed by atoms with van der Waals surface area (Å²) < 4.78 is 10.2. The second kappa shape index (κ2) is 9.12. The van der Waals surface area contributed by atoms with Crippen LogP contribution in [0.3, 0.4) is 0 Å². The number of halogens is 2. The number of nitrogens with one attached hydrogen (secondary N) is 2. The van der Waals surface area contributed by atoms with E-state index in [0.717, 1.165) is 0 Å². The summed E-state index contributed by atoms with van der Waals surface area (Å²) in [5.74, 6) is -0.101. The quantitative estimate of drug-likeness (QED) is 0.600. The number of carbonyl (C=O) groups excluding carboxylic acids is 2. The largest absolute Gasteiger partial charge is 0.493 e. The zero-order valence-corrected chi connectivity index (χ0v) is 15.5. The van der Waals surface area contributed by atoms with Gasteiger partial charge in [0.05, 0.1) is 24.3 Å². The summed E-state index contributed by atoms with van der Waals surface area (Å²) >= 11 is 11.7. The molecule has 2 aromatic carbocycles. The summed E-state index contributed by atoms with van der Waals surface area (Å²) in [7, 11) is 2.97. The van der Waals surface area contributed by atoms with Crippen molar-refractivity contribution in [2.75, 3.05) is 14.2 Å². The molecule has 2 amide bonds. The zero-order chi connectivity index (χ0) is 19.1. The average molecular weight is 395 g/mol. The maximum absolute atomic E-state index is 12.1. The number of ether oxygens (including phenoxy) is 2. The number of amides is 2. The fourth-order valence-electron chi connectivity index (χ4n) is 2.00. The molecule has 0 radical (unpaired) electrons. The van der Waals surface area contributed by atoms with Crippen molar-refractivity contribution >= 4 is 41.1 Å². The fourth-order valence-corrected chi connectivity index (χ4v) is 2.30. The standard InChI is InChI=1S/C18H16Cl2N2O4/c1-25-15-7-5-12(10-16(15)26-2)18(24)22-21-17(23)8-4-11-3-6-13(19)14(20)9-11/h3-10H,1-2H3,(H,21,23)(H,22,24)/b8-4+. The Balaban J connectivity index is 1.95. The summed E-state index contributed by atoms with van der Waals surface area (Å²) in [6.07, 6.45) is 2.80. The van der Waals surface area contributed by atoms with E-state index in [0.29, 0.717) is 32.7 Å². The normalized spacial score (nSPS) is 10.5. The highest BCUT2D eigenvalue weighted by molar-refractivity contribution is 6.42. The first kappa shape index (κ1) is 19.6. The third kappa shape index (κ3) is 5.15. The van der Waals surface area contributed by atoms with Gasteiger partial charge >= 0.3 is 0 Å². The molecule has 2 rings (SSSR count). The third-order valence-electron chi connectivity index (χ3n) is 3.32. The van der Waals surface area contributed by atoms with Crippen molar-refractivity contribution in [2.45, 2.75) is 0 Å². The number of hydrazine groups is 1. The number of benzene rings is 2. The molecule has 0 unspecified atom stereocenters. The molecular formula is C18H16Cl2N2O4. The fraction of sp³-hybridized carbons (Fsp3) is 0.111. The van der Waals surface area contributed by atoms with E-state index in [1.165, 1.54) is 26.4 Å². The Morgan fingerprint density at radius 1 is 0.923 bits per heavy atom. The molecule has 0 saturated carbocycles. The minimum absolute atomic E-state index is 0.302. The molecule has 0 heterocycles. The summed E-state index contributed by atoms with van der Waals surface area (Å²) in [5.41, 5.74) is 5.60. The van der Waals surface area contributed by atoms with Gasteiger partial charge in [0.1, 0.15) is 0 Å². The second-order valence-corrected chi connectivity index (χ2v) is 5.83. The van der Waals surface area contributed by atoms with Gasteiger partial charge in [0.25, 0.3) is 11.8 Å². The van der Waals surface area contributed by atoms with Crippen LogP contribution in [0.5, 0.6) is 11.5 Å². The Hall–Kier alpha value is -2.70. The van der Waals surface area contributed by atoms with Crippen molar-refractivity contribution < 1.29 is 19.1 Å². The molecule has 2 N–H and O–H groups in total. The summed E-state index contributed by atoms with van der Waals surface area (Å²) in [5, 5.41) is 0.812. The molecule has 26 heavy (non-hydrogen) atoms. The molecule has 0 spiro atoms. The van der Waals surface area contributed by atoms with Crippen LogP contribution in [0.2, 0.25) is 10.0 Å². The predicted molar refractivity (Wildman–Crippen MR) is 101 cm³/mol. The Morgan fingerprint density at radius 3 is 2.31 bits per heavy atom. The van der Waals surface area contributed by atoms with Crippen molar-refractivity contribution in [1.29, 1.82) is 0 Å². The van der Waals surface area contributed by atoms with Crippen LogP contribution in [0.1, 0.15) is 15.9 Å². The van der Waals surface area contributed by atoms with Gasteiger partial charge in [-0.2, -0.15) is 0 Å². The first-order valence-corrected chi connectivity index (χ1v) is 8.15. The number of hydrogen-bond donors (Lipinski definition) is 2. The Morgan fingerprint density at radius 2 is 1.65 bits per heavy atom. The Bertz CT molecular complexity index is 853.